The number of aromatic carboxylic acids is 1. The first-order valence-corrected chi connectivity index (χ1v) is 14.4. The third-order valence-electron chi connectivity index (χ3n) is 7.99. The summed E-state index contributed by atoms with van der Waals surface area (Å²) in [6.07, 6.45) is -14.4. The van der Waals surface area contributed by atoms with Crippen LogP contribution in [0.4, 0.5) is 51.1 Å². The summed E-state index contributed by atoms with van der Waals surface area (Å²) in [5.41, 5.74) is -3.45. The molecular weight excluding hydrogens is 659 g/mol. The Hall–Kier alpha value is -4.83. The number of hydrogen-bond acceptors (Lipinski definition) is 6. The number of rotatable bonds is 7. The summed E-state index contributed by atoms with van der Waals surface area (Å²) in [5, 5.41) is 21.1. The Morgan fingerprint density at radius 3 is 2.04 bits per heavy atom. The Labute approximate surface area is 267 Å². The van der Waals surface area contributed by atoms with Crippen LogP contribution >= 0.6 is 0 Å². The molecule has 48 heavy (non-hydrogen) atoms. The van der Waals surface area contributed by atoms with Crippen molar-refractivity contribution in [2.24, 2.45) is 7.05 Å². The number of aryl methyl sites for hydroxylation is 2. The first kappa shape index (κ1) is 34.5. The highest BCUT2D eigenvalue weighted by Gasteiger charge is 2.39. The second-order valence-electron chi connectivity index (χ2n) is 11.4. The minimum atomic E-state index is -5.10. The van der Waals surface area contributed by atoms with Gasteiger partial charge in [-0.25, -0.2) is 4.79 Å². The fourth-order valence-electron chi connectivity index (χ4n) is 5.79. The number of carboxylic acid groups (broad SMARTS) is 1. The third kappa shape index (κ3) is 7.49. The molecule has 0 saturated carbocycles. The second kappa shape index (κ2) is 12.6. The summed E-state index contributed by atoms with van der Waals surface area (Å²) >= 11 is 0. The molecule has 8 nitrogen and oxygen atoms in total. The lowest BCUT2D eigenvalue weighted by molar-refractivity contribution is -0.143. The number of hydrogen-bond donors (Lipinski definition) is 1. The Morgan fingerprint density at radius 2 is 1.52 bits per heavy atom. The average molecular weight is 687 g/mol. The van der Waals surface area contributed by atoms with Crippen molar-refractivity contribution < 1.29 is 49.4 Å². The van der Waals surface area contributed by atoms with E-state index in [0.29, 0.717) is 29.7 Å². The van der Waals surface area contributed by atoms with Crippen molar-refractivity contribution in [1.82, 2.24) is 20.2 Å². The number of carboxylic acids is 1. The van der Waals surface area contributed by atoms with Gasteiger partial charge in [0.2, 0.25) is 0 Å². The van der Waals surface area contributed by atoms with Crippen LogP contribution in [0.25, 0.3) is 0 Å². The topological polar surface area (TPSA) is 87.4 Å². The fourth-order valence-corrected chi connectivity index (χ4v) is 5.79. The molecule has 0 spiro atoms. The van der Waals surface area contributed by atoms with E-state index in [4.69, 9.17) is 0 Å². The van der Waals surface area contributed by atoms with Crippen molar-refractivity contribution in [3.8, 4) is 0 Å². The van der Waals surface area contributed by atoms with Crippen LogP contribution < -0.4 is 9.80 Å². The molecule has 0 amide bonds. The molecule has 0 fully saturated rings. The van der Waals surface area contributed by atoms with Crippen LogP contribution in [0.2, 0.25) is 0 Å². The lowest BCUT2D eigenvalue weighted by Gasteiger charge is -2.33. The monoisotopic (exact) mass is 686 g/mol. The zero-order valence-electron chi connectivity index (χ0n) is 25.2. The smallest absolute Gasteiger partial charge is 0.416 e. The Balaban J connectivity index is 1.65. The molecule has 1 aromatic heterocycles. The molecule has 2 heterocycles. The minimum absolute atomic E-state index is 0.0122. The van der Waals surface area contributed by atoms with E-state index in [2.05, 4.69) is 15.4 Å². The maximum Gasteiger partial charge on any atom is 0.416 e. The summed E-state index contributed by atoms with van der Waals surface area (Å²) in [6, 6.07) is 8.35. The van der Waals surface area contributed by atoms with Gasteiger partial charge in [-0.2, -0.15) is 44.3 Å². The number of fused-ring (bicyclic) bond motifs is 1. The summed E-state index contributed by atoms with van der Waals surface area (Å²) in [4.78, 5) is 15.4. The number of anilines is 2. The molecule has 17 heteroatoms. The number of alkyl halides is 9. The van der Waals surface area contributed by atoms with Gasteiger partial charge >= 0.3 is 24.5 Å². The molecule has 1 atom stereocenters. The van der Waals surface area contributed by atoms with Crippen molar-refractivity contribution >= 4 is 17.6 Å². The summed E-state index contributed by atoms with van der Waals surface area (Å²) in [6.45, 7) is 0.979. The van der Waals surface area contributed by atoms with Crippen LogP contribution in [-0.4, -0.2) is 37.8 Å². The number of carbonyl (C=O) groups is 1. The molecule has 1 unspecified atom stereocenters. The van der Waals surface area contributed by atoms with E-state index in [1.807, 2.05) is 0 Å². The van der Waals surface area contributed by atoms with Gasteiger partial charge in [0, 0.05) is 25.3 Å². The van der Waals surface area contributed by atoms with Gasteiger partial charge in [-0.05, 0) is 83.6 Å². The van der Waals surface area contributed by atoms with Gasteiger partial charge in [-0.3, -0.25) is 0 Å². The zero-order valence-corrected chi connectivity index (χ0v) is 25.2. The minimum Gasteiger partial charge on any atom is -0.478 e. The molecule has 0 bridgehead atoms. The molecule has 0 radical (unpaired) electrons. The van der Waals surface area contributed by atoms with Crippen molar-refractivity contribution in [3.05, 3.63) is 99.1 Å². The number of tetrazole rings is 1. The van der Waals surface area contributed by atoms with Crippen molar-refractivity contribution in [2.45, 2.75) is 57.4 Å². The lowest BCUT2D eigenvalue weighted by atomic mass is 9.94. The predicted octanol–water partition coefficient (Wildman–Crippen LogP) is 7.82. The fraction of sp³-hybridized carbons (Fsp3) is 0.355. The predicted molar refractivity (Wildman–Crippen MR) is 154 cm³/mol. The van der Waals surface area contributed by atoms with E-state index in [1.165, 1.54) is 49.2 Å². The second-order valence-corrected chi connectivity index (χ2v) is 11.4. The number of halogens is 9. The van der Waals surface area contributed by atoms with E-state index < -0.39 is 53.8 Å². The summed E-state index contributed by atoms with van der Waals surface area (Å²) in [7, 11) is 1.40. The van der Waals surface area contributed by atoms with Crippen molar-refractivity contribution in [1.29, 1.82) is 0 Å². The maximum atomic E-state index is 14.2. The number of aromatic nitrogens is 4. The van der Waals surface area contributed by atoms with E-state index in [0.717, 1.165) is 10.9 Å². The maximum absolute atomic E-state index is 14.2. The summed E-state index contributed by atoms with van der Waals surface area (Å²) < 4.78 is 125. The van der Waals surface area contributed by atoms with Crippen LogP contribution in [0, 0.1) is 6.92 Å². The molecule has 0 saturated heterocycles. The molecule has 1 aliphatic heterocycles. The van der Waals surface area contributed by atoms with Gasteiger partial charge in [0.1, 0.15) is 0 Å². The molecule has 256 valence electrons. The van der Waals surface area contributed by atoms with Gasteiger partial charge in [0.05, 0.1) is 35.3 Å². The molecule has 5 rings (SSSR count). The van der Waals surface area contributed by atoms with Gasteiger partial charge in [-0.1, -0.05) is 23.3 Å². The largest absolute Gasteiger partial charge is 0.478 e. The first-order valence-electron chi connectivity index (χ1n) is 14.4. The molecule has 4 aromatic rings. The Morgan fingerprint density at radius 1 is 0.896 bits per heavy atom. The summed E-state index contributed by atoms with van der Waals surface area (Å²) in [5.74, 6) is -1.31. The van der Waals surface area contributed by atoms with Crippen LogP contribution in [-0.2, 0) is 38.7 Å². The van der Waals surface area contributed by atoms with Gasteiger partial charge in [0.25, 0.3) is 5.95 Å². The van der Waals surface area contributed by atoms with Gasteiger partial charge in [0.15, 0.2) is 0 Å². The van der Waals surface area contributed by atoms with E-state index in [-0.39, 0.29) is 53.9 Å². The number of benzene rings is 3. The average Bonchev–Trinajstić information content (AvgIpc) is 3.34. The van der Waals surface area contributed by atoms with Crippen LogP contribution in [0.5, 0.6) is 0 Å². The number of nitrogens with zero attached hydrogens (tertiary/aromatic N) is 6. The van der Waals surface area contributed by atoms with E-state index in [1.54, 1.807) is 4.90 Å². The Bertz CT molecular complexity index is 1770. The molecule has 0 aliphatic carbocycles. The highest BCUT2D eigenvalue weighted by atomic mass is 19.4. The van der Waals surface area contributed by atoms with E-state index in [9.17, 15) is 49.4 Å². The molecule has 3 aromatic carbocycles. The normalized spacial score (nSPS) is 15.6. The van der Waals surface area contributed by atoms with Crippen molar-refractivity contribution in [3.63, 3.8) is 0 Å². The molecular formula is C31H27F9N6O2. The Kier molecular flexibility index (Phi) is 9.09. The van der Waals surface area contributed by atoms with Crippen LogP contribution in [0.3, 0.4) is 0 Å². The van der Waals surface area contributed by atoms with Gasteiger partial charge < -0.3 is 14.9 Å². The molecule has 1 N–H and O–H groups in total. The highest BCUT2D eigenvalue weighted by Crippen LogP contribution is 2.44. The highest BCUT2D eigenvalue weighted by molar-refractivity contribution is 5.87. The third-order valence-corrected chi connectivity index (χ3v) is 7.99. The van der Waals surface area contributed by atoms with Crippen LogP contribution in [0.1, 0.15) is 68.2 Å². The van der Waals surface area contributed by atoms with Crippen LogP contribution in [0.15, 0.2) is 54.6 Å². The SMILES string of the molecule is Cc1cc2c(cc1C(F)(F)F)N(Cc1ccc(C(=O)O)cc1)CCCC2N(Cc1cc(C(F)(F)F)cc(C(F)(F)F)c1)c1nnn(C)n1. The standard InChI is InChI=1S/C31H27F9N6O2/c1-17-10-23-25(4-3-9-45(26(23)14-24(17)31(38,39)40)15-18-5-7-20(8-6-18)27(47)48)46(28-41-43-44(2)42-28)16-19-11-21(29(32,33)34)13-22(12-19)30(35,36)37/h5-8,10-14,25H,3-4,9,15-16H2,1-2H3,(H,47,48). The quantitative estimate of drug-likeness (QED) is 0.199. The zero-order chi connectivity index (χ0) is 35.2. The van der Waals surface area contributed by atoms with Crippen molar-refractivity contribution in [2.75, 3.05) is 16.3 Å². The van der Waals surface area contributed by atoms with Gasteiger partial charge in [-0.15, -0.1) is 5.10 Å². The first-order chi connectivity index (χ1) is 22.3. The van der Waals surface area contributed by atoms with E-state index >= 15 is 0 Å². The lowest BCUT2D eigenvalue weighted by Crippen LogP contribution is -2.30. The molecule has 1 aliphatic rings.